The second-order valence-corrected chi connectivity index (χ2v) is 9.43. The standard InChI is InChI=1S/C21H26N4O6S/c1-16-17(6-5-8-18(16)25(27)28)21(26)22-10-15-32(29,30)24-13-11-23(12-14-24)19-7-3-4-9-20(19)31-2/h3-9H,10-15H2,1-2H3,(H,22,26). The molecule has 0 saturated carbocycles. The highest BCUT2D eigenvalue weighted by Gasteiger charge is 2.28. The summed E-state index contributed by atoms with van der Waals surface area (Å²) in [7, 11) is -1.96. The van der Waals surface area contributed by atoms with E-state index in [0.717, 1.165) is 11.4 Å². The molecule has 0 unspecified atom stereocenters. The zero-order chi connectivity index (χ0) is 23.3. The molecule has 0 aromatic heterocycles. The number of carbonyl (C=O) groups is 1. The number of hydrogen-bond donors (Lipinski definition) is 1. The van der Waals surface area contributed by atoms with Crippen LogP contribution < -0.4 is 15.0 Å². The van der Waals surface area contributed by atoms with Gasteiger partial charge in [0.1, 0.15) is 5.75 Å². The number of nitro groups is 1. The number of benzene rings is 2. The van der Waals surface area contributed by atoms with Crippen molar-refractivity contribution in [2.24, 2.45) is 0 Å². The van der Waals surface area contributed by atoms with E-state index in [1.165, 1.54) is 29.4 Å². The molecule has 1 aliphatic rings. The average molecular weight is 463 g/mol. The quantitative estimate of drug-likeness (QED) is 0.469. The Morgan fingerprint density at radius 1 is 1.12 bits per heavy atom. The largest absolute Gasteiger partial charge is 0.495 e. The van der Waals surface area contributed by atoms with Gasteiger partial charge in [-0.25, -0.2) is 8.42 Å². The lowest BCUT2D eigenvalue weighted by molar-refractivity contribution is -0.385. The lowest BCUT2D eigenvalue weighted by atomic mass is 10.1. The molecule has 2 aromatic rings. The number of nitrogens with one attached hydrogen (secondary N) is 1. The Bertz CT molecular complexity index is 1100. The average Bonchev–Trinajstić information content (AvgIpc) is 2.78. The van der Waals surface area contributed by atoms with Gasteiger partial charge in [0.05, 0.1) is 23.5 Å². The first-order valence-corrected chi connectivity index (χ1v) is 11.7. The SMILES string of the molecule is COc1ccccc1N1CCN(S(=O)(=O)CCNC(=O)c2cccc([N+](=O)[O-])c2C)CC1. The summed E-state index contributed by atoms with van der Waals surface area (Å²) >= 11 is 0. The van der Waals surface area contributed by atoms with Crippen molar-refractivity contribution in [2.45, 2.75) is 6.92 Å². The maximum Gasteiger partial charge on any atom is 0.273 e. The van der Waals surface area contributed by atoms with Gasteiger partial charge < -0.3 is 15.0 Å². The van der Waals surface area contributed by atoms with Crippen LogP contribution in [0, 0.1) is 17.0 Å². The summed E-state index contributed by atoms with van der Waals surface area (Å²) in [6.45, 7) is 3.12. The zero-order valence-electron chi connectivity index (χ0n) is 18.0. The van der Waals surface area contributed by atoms with E-state index in [1.807, 2.05) is 24.3 Å². The third kappa shape index (κ3) is 5.17. The van der Waals surface area contributed by atoms with Crippen molar-refractivity contribution in [3.63, 3.8) is 0 Å². The van der Waals surface area contributed by atoms with E-state index in [2.05, 4.69) is 10.2 Å². The fraction of sp³-hybridized carbons (Fsp3) is 0.381. The molecule has 3 rings (SSSR count). The summed E-state index contributed by atoms with van der Waals surface area (Å²) in [4.78, 5) is 25.0. The molecule has 1 amide bonds. The molecular formula is C21H26N4O6S. The number of anilines is 1. The molecule has 1 aliphatic heterocycles. The minimum Gasteiger partial charge on any atom is -0.495 e. The number of hydrogen-bond acceptors (Lipinski definition) is 7. The lowest BCUT2D eigenvalue weighted by Gasteiger charge is -2.36. The zero-order valence-corrected chi connectivity index (χ0v) is 18.8. The van der Waals surface area contributed by atoms with Gasteiger partial charge in [-0.3, -0.25) is 14.9 Å². The second-order valence-electron chi connectivity index (χ2n) is 7.34. The highest BCUT2D eigenvalue weighted by atomic mass is 32.2. The van der Waals surface area contributed by atoms with Gasteiger partial charge in [-0.1, -0.05) is 18.2 Å². The highest BCUT2D eigenvalue weighted by molar-refractivity contribution is 7.89. The van der Waals surface area contributed by atoms with Gasteiger partial charge in [0.2, 0.25) is 10.0 Å². The summed E-state index contributed by atoms with van der Waals surface area (Å²) in [6, 6.07) is 11.8. The monoisotopic (exact) mass is 462 g/mol. The van der Waals surface area contributed by atoms with Crippen molar-refractivity contribution in [1.82, 2.24) is 9.62 Å². The third-order valence-electron chi connectivity index (χ3n) is 5.45. The number of rotatable bonds is 8. The fourth-order valence-electron chi connectivity index (χ4n) is 3.68. The Balaban J connectivity index is 1.55. The number of para-hydroxylation sites is 2. The first-order chi connectivity index (χ1) is 15.2. The molecule has 11 heteroatoms. The van der Waals surface area contributed by atoms with Crippen LogP contribution in [0.15, 0.2) is 42.5 Å². The van der Waals surface area contributed by atoms with E-state index >= 15 is 0 Å². The summed E-state index contributed by atoms with van der Waals surface area (Å²) in [6.07, 6.45) is 0. The van der Waals surface area contributed by atoms with E-state index < -0.39 is 20.9 Å². The number of nitrogens with zero attached hydrogens (tertiary/aromatic N) is 3. The number of sulfonamides is 1. The highest BCUT2D eigenvalue weighted by Crippen LogP contribution is 2.28. The predicted octanol–water partition coefficient (Wildman–Crippen LogP) is 1.79. The van der Waals surface area contributed by atoms with Crippen molar-refractivity contribution in [2.75, 3.05) is 50.5 Å². The van der Waals surface area contributed by atoms with Crippen LogP contribution in [0.1, 0.15) is 15.9 Å². The molecule has 10 nitrogen and oxygen atoms in total. The van der Waals surface area contributed by atoms with E-state index in [4.69, 9.17) is 4.74 Å². The van der Waals surface area contributed by atoms with Gasteiger partial charge >= 0.3 is 0 Å². The van der Waals surface area contributed by atoms with Gasteiger partial charge in [-0.05, 0) is 25.1 Å². The molecule has 1 fully saturated rings. The van der Waals surface area contributed by atoms with Crippen molar-refractivity contribution in [3.05, 3.63) is 63.7 Å². The van der Waals surface area contributed by atoms with E-state index in [0.29, 0.717) is 26.2 Å². The summed E-state index contributed by atoms with van der Waals surface area (Å²) in [5.41, 5.74) is 1.16. The normalized spacial score (nSPS) is 14.8. The maximum atomic E-state index is 12.7. The molecule has 0 bridgehead atoms. The first kappa shape index (κ1) is 23.5. The molecular weight excluding hydrogens is 436 g/mol. The third-order valence-corrected chi connectivity index (χ3v) is 7.32. The maximum absolute atomic E-state index is 12.7. The summed E-state index contributed by atoms with van der Waals surface area (Å²) < 4.78 is 32.2. The number of nitro benzene ring substituents is 1. The van der Waals surface area contributed by atoms with Crippen molar-refractivity contribution in [3.8, 4) is 5.75 Å². The molecule has 0 radical (unpaired) electrons. The smallest absolute Gasteiger partial charge is 0.273 e. The topological polar surface area (TPSA) is 122 Å². The first-order valence-electron chi connectivity index (χ1n) is 10.1. The van der Waals surface area contributed by atoms with Crippen molar-refractivity contribution >= 4 is 27.3 Å². The number of amides is 1. The molecule has 32 heavy (non-hydrogen) atoms. The van der Waals surface area contributed by atoms with Gasteiger partial charge in [0.15, 0.2) is 0 Å². The van der Waals surface area contributed by atoms with Crippen LogP contribution >= 0.6 is 0 Å². The summed E-state index contributed by atoms with van der Waals surface area (Å²) in [5, 5.41) is 13.6. The van der Waals surface area contributed by atoms with Crippen LogP contribution in [0.3, 0.4) is 0 Å². The van der Waals surface area contributed by atoms with Crippen LogP contribution in [-0.2, 0) is 10.0 Å². The molecule has 0 atom stereocenters. The number of methoxy groups -OCH3 is 1. The molecule has 1 saturated heterocycles. The van der Waals surface area contributed by atoms with E-state index in [9.17, 15) is 23.3 Å². The van der Waals surface area contributed by atoms with Gasteiger partial charge in [0.25, 0.3) is 11.6 Å². The molecule has 0 spiro atoms. The fourth-order valence-corrected chi connectivity index (χ4v) is 5.02. The van der Waals surface area contributed by atoms with E-state index in [-0.39, 0.29) is 29.1 Å². The lowest BCUT2D eigenvalue weighted by Crippen LogP contribution is -2.50. The number of ether oxygens (including phenoxy) is 1. The molecule has 1 N–H and O–H groups in total. The van der Waals surface area contributed by atoms with E-state index in [1.54, 1.807) is 7.11 Å². The Morgan fingerprint density at radius 2 is 1.81 bits per heavy atom. The minimum atomic E-state index is -3.56. The number of piperazine rings is 1. The molecule has 0 aliphatic carbocycles. The van der Waals surface area contributed by atoms with Crippen LogP contribution in [-0.4, -0.2) is 69.1 Å². The van der Waals surface area contributed by atoms with Crippen molar-refractivity contribution < 1.29 is 22.9 Å². The van der Waals surface area contributed by atoms with Gasteiger partial charge in [0, 0.05) is 49.9 Å². The van der Waals surface area contributed by atoms with Crippen LogP contribution in [0.2, 0.25) is 0 Å². The summed E-state index contributed by atoms with van der Waals surface area (Å²) in [5.74, 6) is -0.0492. The van der Waals surface area contributed by atoms with Crippen LogP contribution in [0.5, 0.6) is 5.75 Å². The van der Waals surface area contributed by atoms with Gasteiger partial charge in [-0.15, -0.1) is 0 Å². The molecule has 2 aromatic carbocycles. The molecule has 1 heterocycles. The van der Waals surface area contributed by atoms with Crippen molar-refractivity contribution in [1.29, 1.82) is 0 Å². The minimum absolute atomic E-state index is 0.0873. The Kier molecular flexibility index (Phi) is 7.31. The van der Waals surface area contributed by atoms with Crippen LogP contribution in [0.4, 0.5) is 11.4 Å². The van der Waals surface area contributed by atoms with Crippen LogP contribution in [0.25, 0.3) is 0 Å². The Hall–Kier alpha value is -3.18. The molecule has 172 valence electrons. The second kappa shape index (κ2) is 9.96. The Labute approximate surface area is 187 Å². The predicted molar refractivity (Wildman–Crippen MR) is 121 cm³/mol. The number of carbonyl (C=O) groups excluding carboxylic acids is 1. The Morgan fingerprint density at radius 3 is 2.47 bits per heavy atom. The van der Waals surface area contributed by atoms with Gasteiger partial charge in [-0.2, -0.15) is 4.31 Å².